The zero-order chi connectivity index (χ0) is 9.84. The molecule has 0 radical (unpaired) electrons. The van der Waals surface area contributed by atoms with E-state index in [1.54, 1.807) is 0 Å². The van der Waals surface area contributed by atoms with Crippen molar-refractivity contribution < 1.29 is 4.79 Å². The highest BCUT2D eigenvalue weighted by molar-refractivity contribution is 5.81. The summed E-state index contributed by atoms with van der Waals surface area (Å²) in [5.74, 6) is -0.0113. The topological polar surface area (TPSA) is 58.4 Å². The summed E-state index contributed by atoms with van der Waals surface area (Å²) in [5, 5.41) is 2.95. The lowest BCUT2D eigenvalue weighted by Crippen LogP contribution is -2.45. The number of nitrogens with one attached hydrogen (secondary N) is 1. The van der Waals surface area contributed by atoms with E-state index in [9.17, 15) is 4.79 Å². The average Bonchev–Trinajstić information content (AvgIpc) is 2.49. The van der Waals surface area contributed by atoms with Crippen LogP contribution in [-0.2, 0) is 4.79 Å². The lowest BCUT2D eigenvalue weighted by Gasteiger charge is -2.15. The number of rotatable bonds is 3. The van der Waals surface area contributed by atoms with Crippen molar-refractivity contribution in [2.75, 3.05) is 20.1 Å². The fourth-order valence-corrected chi connectivity index (χ4v) is 1.55. The van der Waals surface area contributed by atoms with Crippen molar-refractivity contribution in [3.05, 3.63) is 0 Å². The predicted molar refractivity (Wildman–Crippen MR) is 52.3 cm³/mol. The Balaban J connectivity index is 2.28. The van der Waals surface area contributed by atoms with Crippen LogP contribution in [0.1, 0.15) is 19.8 Å². The first-order valence-corrected chi connectivity index (χ1v) is 4.88. The minimum Gasteiger partial charge on any atom is -0.351 e. The second-order valence-corrected chi connectivity index (χ2v) is 3.77. The third kappa shape index (κ3) is 2.97. The first kappa shape index (κ1) is 10.5. The average molecular weight is 185 g/mol. The van der Waals surface area contributed by atoms with Crippen LogP contribution in [0.3, 0.4) is 0 Å². The van der Waals surface area contributed by atoms with Crippen molar-refractivity contribution in [1.82, 2.24) is 10.2 Å². The maximum absolute atomic E-state index is 11.4. The number of hydrogen-bond donors (Lipinski definition) is 2. The number of nitrogens with zero attached hydrogens (tertiary/aromatic N) is 1. The van der Waals surface area contributed by atoms with Gasteiger partial charge in [0, 0.05) is 12.6 Å². The number of amides is 1. The first-order chi connectivity index (χ1) is 6.13. The SMILES string of the molecule is CCC(N)C(=O)NC1CCN(C)C1. The summed E-state index contributed by atoms with van der Waals surface area (Å²) < 4.78 is 0. The number of carbonyl (C=O) groups is 1. The second kappa shape index (κ2) is 4.58. The van der Waals surface area contributed by atoms with E-state index in [4.69, 9.17) is 5.73 Å². The maximum atomic E-state index is 11.4. The van der Waals surface area contributed by atoms with E-state index in [1.165, 1.54) is 0 Å². The highest BCUT2D eigenvalue weighted by atomic mass is 16.2. The van der Waals surface area contributed by atoms with Gasteiger partial charge in [0.1, 0.15) is 0 Å². The highest BCUT2D eigenvalue weighted by Gasteiger charge is 2.22. The Morgan fingerprint density at radius 2 is 2.46 bits per heavy atom. The zero-order valence-corrected chi connectivity index (χ0v) is 8.42. The van der Waals surface area contributed by atoms with Gasteiger partial charge in [-0.3, -0.25) is 4.79 Å². The van der Waals surface area contributed by atoms with Crippen LogP contribution in [0.4, 0.5) is 0 Å². The van der Waals surface area contributed by atoms with E-state index in [0.717, 1.165) is 19.5 Å². The fourth-order valence-electron chi connectivity index (χ4n) is 1.55. The smallest absolute Gasteiger partial charge is 0.237 e. The van der Waals surface area contributed by atoms with Gasteiger partial charge in [0.15, 0.2) is 0 Å². The monoisotopic (exact) mass is 185 g/mol. The normalized spacial score (nSPS) is 25.9. The summed E-state index contributed by atoms with van der Waals surface area (Å²) in [5.41, 5.74) is 5.60. The van der Waals surface area contributed by atoms with E-state index >= 15 is 0 Å². The van der Waals surface area contributed by atoms with Crippen LogP contribution in [0.25, 0.3) is 0 Å². The molecule has 0 spiro atoms. The number of nitrogens with two attached hydrogens (primary N) is 1. The molecule has 2 atom stereocenters. The van der Waals surface area contributed by atoms with Gasteiger partial charge in [0.05, 0.1) is 6.04 Å². The molecule has 0 aromatic carbocycles. The van der Waals surface area contributed by atoms with Gasteiger partial charge in [-0.15, -0.1) is 0 Å². The highest BCUT2D eigenvalue weighted by Crippen LogP contribution is 2.06. The molecule has 4 heteroatoms. The van der Waals surface area contributed by atoms with Crippen LogP contribution < -0.4 is 11.1 Å². The summed E-state index contributed by atoms with van der Waals surface area (Å²) in [7, 11) is 2.06. The van der Waals surface area contributed by atoms with Crippen LogP contribution in [0.15, 0.2) is 0 Å². The first-order valence-electron chi connectivity index (χ1n) is 4.88. The molecule has 0 aliphatic carbocycles. The van der Waals surface area contributed by atoms with Gasteiger partial charge in [-0.1, -0.05) is 6.92 Å². The largest absolute Gasteiger partial charge is 0.351 e. The van der Waals surface area contributed by atoms with Crippen molar-refractivity contribution in [3.8, 4) is 0 Å². The Hall–Kier alpha value is -0.610. The molecule has 2 unspecified atom stereocenters. The third-order valence-electron chi connectivity index (χ3n) is 2.51. The van der Waals surface area contributed by atoms with Crippen LogP contribution in [0.5, 0.6) is 0 Å². The lowest BCUT2D eigenvalue weighted by molar-refractivity contribution is -0.123. The third-order valence-corrected chi connectivity index (χ3v) is 2.51. The van der Waals surface area contributed by atoms with Gasteiger partial charge < -0.3 is 16.0 Å². The maximum Gasteiger partial charge on any atom is 0.237 e. The van der Waals surface area contributed by atoms with Crippen molar-refractivity contribution in [2.45, 2.75) is 31.8 Å². The predicted octanol–water partition coefficient (Wildman–Crippen LogP) is -0.456. The fraction of sp³-hybridized carbons (Fsp3) is 0.889. The molecular formula is C9H19N3O. The standard InChI is InChI=1S/C9H19N3O/c1-3-8(10)9(13)11-7-4-5-12(2)6-7/h7-8H,3-6,10H2,1-2H3,(H,11,13). The van der Waals surface area contributed by atoms with Crippen molar-refractivity contribution in [2.24, 2.45) is 5.73 Å². The molecule has 1 aliphatic heterocycles. The lowest BCUT2D eigenvalue weighted by atomic mass is 10.2. The summed E-state index contributed by atoms with van der Waals surface area (Å²) >= 11 is 0. The van der Waals surface area contributed by atoms with E-state index in [0.29, 0.717) is 12.5 Å². The van der Waals surface area contributed by atoms with Gasteiger partial charge in [0.25, 0.3) is 0 Å². The van der Waals surface area contributed by atoms with Crippen LogP contribution in [0, 0.1) is 0 Å². The molecule has 76 valence electrons. The Bertz CT molecular complexity index is 184. The van der Waals surface area contributed by atoms with E-state index in [-0.39, 0.29) is 11.9 Å². The molecule has 3 N–H and O–H groups in total. The van der Waals surface area contributed by atoms with E-state index < -0.39 is 0 Å². The van der Waals surface area contributed by atoms with Crippen molar-refractivity contribution in [3.63, 3.8) is 0 Å². The van der Waals surface area contributed by atoms with Gasteiger partial charge in [-0.2, -0.15) is 0 Å². The van der Waals surface area contributed by atoms with Gasteiger partial charge in [-0.25, -0.2) is 0 Å². The van der Waals surface area contributed by atoms with Gasteiger partial charge in [0.2, 0.25) is 5.91 Å². The van der Waals surface area contributed by atoms with Crippen LogP contribution >= 0.6 is 0 Å². The molecule has 1 heterocycles. The van der Waals surface area contributed by atoms with Gasteiger partial charge in [-0.05, 0) is 26.4 Å². The molecule has 0 aromatic heterocycles. The number of likely N-dealkylation sites (N-methyl/N-ethyl adjacent to an activating group) is 1. The van der Waals surface area contributed by atoms with E-state index in [1.807, 2.05) is 6.92 Å². The Morgan fingerprint density at radius 1 is 1.77 bits per heavy atom. The van der Waals surface area contributed by atoms with Gasteiger partial charge >= 0.3 is 0 Å². The molecular weight excluding hydrogens is 166 g/mol. The molecule has 1 amide bonds. The number of likely N-dealkylation sites (tertiary alicyclic amines) is 1. The molecule has 0 saturated carbocycles. The zero-order valence-electron chi connectivity index (χ0n) is 8.42. The molecule has 1 fully saturated rings. The van der Waals surface area contributed by atoms with Crippen LogP contribution in [0.2, 0.25) is 0 Å². The van der Waals surface area contributed by atoms with E-state index in [2.05, 4.69) is 17.3 Å². The molecule has 1 saturated heterocycles. The van der Waals surface area contributed by atoms with Crippen molar-refractivity contribution in [1.29, 1.82) is 0 Å². The number of hydrogen-bond acceptors (Lipinski definition) is 3. The summed E-state index contributed by atoms with van der Waals surface area (Å²) in [6.07, 6.45) is 1.74. The summed E-state index contributed by atoms with van der Waals surface area (Å²) in [6.45, 7) is 3.93. The molecule has 1 aliphatic rings. The second-order valence-electron chi connectivity index (χ2n) is 3.77. The number of carbonyl (C=O) groups excluding carboxylic acids is 1. The summed E-state index contributed by atoms with van der Waals surface area (Å²) in [4.78, 5) is 13.6. The molecule has 0 bridgehead atoms. The molecule has 0 aromatic rings. The molecule has 4 nitrogen and oxygen atoms in total. The Morgan fingerprint density at radius 3 is 2.92 bits per heavy atom. The van der Waals surface area contributed by atoms with Crippen LogP contribution in [-0.4, -0.2) is 43.0 Å². The minimum atomic E-state index is -0.342. The Kier molecular flexibility index (Phi) is 3.69. The minimum absolute atomic E-state index is 0.0113. The molecule has 1 rings (SSSR count). The quantitative estimate of drug-likeness (QED) is 0.626. The Labute approximate surface area is 79.5 Å². The molecule has 13 heavy (non-hydrogen) atoms. The van der Waals surface area contributed by atoms with Crippen molar-refractivity contribution >= 4 is 5.91 Å². The summed E-state index contributed by atoms with van der Waals surface area (Å²) in [6, 6.07) is -0.0407.